The molecule has 2 aromatic carbocycles. The van der Waals surface area contributed by atoms with Crippen LogP contribution in [0.3, 0.4) is 0 Å². The molecule has 12 nitrogen and oxygen atoms in total. The lowest BCUT2D eigenvalue weighted by Crippen LogP contribution is -2.52. The van der Waals surface area contributed by atoms with E-state index in [-0.39, 0.29) is 66.4 Å². The lowest BCUT2D eigenvalue weighted by molar-refractivity contribution is -0.169. The monoisotopic (exact) mass is 626 g/mol. The van der Waals surface area contributed by atoms with Crippen molar-refractivity contribution in [2.45, 2.75) is 56.1 Å². The van der Waals surface area contributed by atoms with Crippen molar-refractivity contribution < 1.29 is 36.9 Å². The van der Waals surface area contributed by atoms with Crippen LogP contribution in [0.25, 0.3) is 11.5 Å². The standard InChI is InChI=1S/C31H38N4O8S/c1-19(2)14-35(44(38,39)23-10-6-9-21(12-23)29-34-32-18-42-29)15-27(36)26(11-20-7-4-3-5-8-20)33-31(37)43-28-22-13-24-25(28)17-41-30(24)40-16-22/h3-10,12,18-19,22,24-28,30,36H,11,13-17H2,1-2H3,(H,33,37)/t22?,24?,25?,26-,27+,28?,30?/m0/s1. The molecule has 2 saturated heterocycles. The van der Waals surface area contributed by atoms with E-state index in [1.54, 1.807) is 12.1 Å². The number of alkyl carbamates (subject to hydrolysis) is 1. The van der Waals surface area contributed by atoms with Gasteiger partial charge in [-0.1, -0.05) is 50.2 Å². The molecule has 1 aromatic heterocycles. The minimum absolute atomic E-state index is 0.0275. The fraction of sp³-hybridized carbons (Fsp3) is 0.516. The summed E-state index contributed by atoms with van der Waals surface area (Å²) in [5, 5.41) is 22.0. The van der Waals surface area contributed by atoms with Crippen molar-refractivity contribution in [3.63, 3.8) is 0 Å². The molecule has 3 heterocycles. The Morgan fingerprint density at radius 3 is 2.64 bits per heavy atom. The first-order valence-electron chi connectivity index (χ1n) is 15.0. The number of aliphatic hydroxyl groups is 1. The van der Waals surface area contributed by atoms with E-state index in [4.69, 9.17) is 18.6 Å². The molecule has 1 saturated carbocycles. The summed E-state index contributed by atoms with van der Waals surface area (Å²) in [6, 6.07) is 14.8. The Bertz CT molecular complexity index is 1520. The zero-order valence-corrected chi connectivity index (χ0v) is 25.5. The van der Waals surface area contributed by atoms with Gasteiger partial charge in [0, 0.05) is 36.4 Å². The number of hydrogen-bond acceptors (Lipinski definition) is 10. The zero-order chi connectivity index (χ0) is 30.8. The number of aliphatic hydroxyl groups excluding tert-OH is 1. The summed E-state index contributed by atoms with van der Waals surface area (Å²) in [4.78, 5) is 13.3. The van der Waals surface area contributed by atoms with Gasteiger partial charge < -0.3 is 29.1 Å². The van der Waals surface area contributed by atoms with E-state index < -0.39 is 28.3 Å². The van der Waals surface area contributed by atoms with E-state index in [2.05, 4.69) is 15.5 Å². The van der Waals surface area contributed by atoms with Crippen LogP contribution in [0.4, 0.5) is 4.79 Å². The Labute approximate surface area is 256 Å². The molecule has 44 heavy (non-hydrogen) atoms. The van der Waals surface area contributed by atoms with Crippen LogP contribution in [0.15, 0.2) is 70.3 Å². The molecule has 7 atom stereocenters. The Morgan fingerprint density at radius 2 is 1.89 bits per heavy atom. The highest BCUT2D eigenvalue weighted by atomic mass is 32.2. The highest BCUT2D eigenvalue weighted by Crippen LogP contribution is 2.49. The van der Waals surface area contributed by atoms with Gasteiger partial charge in [-0.05, 0) is 42.5 Å². The first-order chi connectivity index (χ1) is 21.2. The highest BCUT2D eigenvalue weighted by Gasteiger charge is 2.56. The maximum atomic E-state index is 13.9. The van der Waals surface area contributed by atoms with Crippen LogP contribution in [0.5, 0.6) is 0 Å². The summed E-state index contributed by atoms with van der Waals surface area (Å²) in [6.07, 6.45) is -0.147. The third-order valence-corrected chi connectivity index (χ3v) is 10.5. The Balaban J connectivity index is 1.21. The number of amides is 1. The van der Waals surface area contributed by atoms with E-state index in [0.29, 0.717) is 18.8 Å². The number of fused-ring (bicyclic) bond motifs is 1. The van der Waals surface area contributed by atoms with Crippen molar-refractivity contribution in [2.75, 3.05) is 26.3 Å². The second kappa shape index (κ2) is 12.9. The molecule has 3 aromatic rings. The quantitative estimate of drug-likeness (QED) is 0.307. The summed E-state index contributed by atoms with van der Waals surface area (Å²) in [5.41, 5.74) is 1.33. The maximum Gasteiger partial charge on any atom is 0.407 e. The molecule has 1 amide bonds. The van der Waals surface area contributed by atoms with Crippen LogP contribution in [-0.4, -0.2) is 85.0 Å². The van der Waals surface area contributed by atoms with Crippen LogP contribution >= 0.6 is 0 Å². The summed E-state index contributed by atoms with van der Waals surface area (Å²) in [6.45, 7) is 4.67. The number of hydrogen-bond donors (Lipinski definition) is 2. The minimum atomic E-state index is -4.06. The normalized spacial score (nSPS) is 25.7. The predicted molar refractivity (Wildman–Crippen MR) is 157 cm³/mol. The molecule has 5 unspecified atom stereocenters. The number of sulfonamides is 1. The van der Waals surface area contributed by atoms with E-state index in [1.807, 2.05) is 44.2 Å². The van der Waals surface area contributed by atoms with Crippen LogP contribution in [0, 0.1) is 23.7 Å². The fourth-order valence-corrected chi connectivity index (χ4v) is 8.23. The van der Waals surface area contributed by atoms with E-state index >= 15 is 0 Å². The highest BCUT2D eigenvalue weighted by molar-refractivity contribution is 7.89. The number of carbonyl (C=O) groups excluding carboxylic acids is 1. The van der Waals surface area contributed by atoms with Gasteiger partial charge in [0.05, 0.1) is 30.3 Å². The Kier molecular flexibility index (Phi) is 9.01. The molecular weight excluding hydrogens is 588 g/mol. The fourth-order valence-electron chi connectivity index (χ4n) is 6.56. The van der Waals surface area contributed by atoms with Gasteiger partial charge in [-0.3, -0.25) is 0 Å². The second-order valence-electron chi connectivity index (χ2n) is 12.2. The summed E-state index contributed by atoms with van der Waals surface area (Å²) in [7, 11) is -4.06. The van der Waals surface area contributed by atoms with Gasteiger partial charge >= 0.3 is 6.09 Å². The molecule has 6 rings (SSSR count). The van der Waals surface area contributed by atoms with Crippen molar-refractivity contribution in [1.29, 1.82) is 0 Å². The number of aromatic nitrogens is 2. The molecule has 1 aliphatic carbocycles. The largest absolute Gasteiger partial charge is 0.445 e. The van der Waals surface area contributed by atoms with Crippen LogP contribution in [0.1, 0.15) is 25.8 Å². The van der Waals surface area contributed by atoms with Crippen molar-refractivity contribution in [3.05, 3.63) is 66.6 Å². The van der Waals surface area contributed by atoms with Crippen LogP contribution < -0.4 is 5.32 Å². The van der Waals surface area contributed by atoms with Gasteiger partial charge in [-0.15, -0.1) is 10.2 Å². The molecule has 2 aliphatic heterocycles. The number of benzene rings is 2. The number of nitrogens with one attached hydrogen (secondary N) is 1. The van der Waals surface area contributed by atoms with E-state index in [9.17, 15) is 18.3 Å². The first-order valence-corrected chi connectivity index (χ1v) is 16.4. The molecule has 236 valence electrons. The zero-order valence-electron chi connectivity index (χ0n) is 24.7. The van der Waals surface area contributed by atoms with Crippen molar-refractivity contribution in [1.82, 2.24) is 19.8 Å². The SMILES string of the molecule is CC(C)CN(C[C@@H](O)[C@H](Cc1ccccc1)NC(=O)OC1C2COC3OCC1C3C2)S(=O)(=O)c1cccc(-c2nnco2)c1. The van der Waals surface area contributed by atoms with Gasteiger partial charge in [-0.2, -0.15) is 4.31 Å². The lowest BCUT2D eigenvalue weighted by atomic mass is 9.98. The molecule has 3 aliphatic rings. The molecule has 2 bridgehead atoms. The predicted octanol–water partition coefficient (Wildman–Crippen LogP) is 3.09. The van der Waals surface area contributed by atoms with Gasteiger partial charge in [-0.25, -0.2) is 13.2 Å². The summed E-state index contributed by atoms with van der Waals surface area (Å²) >= 11 is 0. The van der Waals surface area contributed by atoms with Gasteiger partial charge in [0.2, 0.25) is 22.3 Å². The van der Waals surface area contributed by atoms with Gasteiger partial charge in [0.1, 0.15) is 6.10 Å². The average molecular weight is 627 g/mol. The minimum Gasteiger partial charge on any atom is -0.445 e. The molecule has 2 N–H and O–H groups in total. The molecular formula is C31H38N4O8S. The maximum absolute atomic E-state index is 13.9. The van der Waals surface area contributed by atoms with Gasteiger partial charge in [0.15, 0.2) is 6.29 Å². The third kappa shape index (κ3) is 6.52. The lowest BCUT2D eigenvalue weighted by Gasteiger charge is -2.31. The van der Waals surface area contributed by atoms with Crippen molar-refractivity contribution >= 4 is 16.1 Å². The molecule has 13 heteroatoms. The van der Waals surface area contributed by atoms with Crippen molar-refractivity contribution in [3.8, 4) is 11.5 Å². The first kappa shape index (κ1) is 30.7. The number of carbonyl (C=O) groups is 1. The Morgan fingerprint density at radius 1 is 1.09 bits per heavy atom. The number of ether oxygens (including phenoxy) is 3. The van der Waals surface area contributed by atoms with Crippen LogP contribution in [0.2, 0.25) is 0 Å². The summed E-state index contributed by atoms with van der Waals surface area (Å²) in [5.74, 6) is 0.544. The van der Waals surface area contributed by atoms with E-state index in [1.165, 1.54) is 22.8 Å². The van der Waals surface area contributed by atoms with Crippen LogP contribution in [-0.2, 0) is 30.7 Å². The van der Waals surface area contributed by atoms with Crippen molar-refractivity contribution in [2.24, 2.45) is 23.7 Å². The Hall–Kier alpha value is -3.36. The van der Waals surface area contributed by atoms with E-state index in [0.717, 1.165) is 12.0 Å². The summed E-state index contributed by atoms with van der Waals surface area (Å²) < 4.78 is 51.9. The molecule has 3 fully saturated rings. The molecule has 0 spiro atoms. The molecule has 0 radical (unpaired) electrons. The average Bonchev–Trinajstić information content (AvgIpc) is 3.74. The smallest absolute Gasteiger partial charge is 0.407 e. The third-order valence-electron chi connectivity index (χ3n) is 8.64. The second-order valence-corrected chi connectivity index (χ2v) is 14.2. The topological polar surface area (TPSA) is 153 Å². The number of rotatable bonds is 12. The number of nitrogens with zero attached hydrogens (tertiary/aromatic N) is 3. The van der Waals surface area contributed by atoms with Gasteiger partial charge in [0.25, 0.3) is 0 Å².